The first-order chi connectivity index (χ1) is 7.24. The Kier molecular flexibility index (Phi) is 4.38. The van der Waals surface area contributed by atoms with Crippen molar-refractivity contribution in [3.63, 3.8) is 0 Å². The smallest absolute Gasteiger partial charge is 0.423 e. The first-order valence-electron chi connectivity index (χ1n) is 4.66. The predicted octanol–water partition coefficient (Wildman–Crippen LogP) is 1.40. The first kappa shape index (κ1) is 13.1. The zero-order chi connectivity index (χ0) is 10.8. The zero-order valence-electron chi connectivity index (χ0n) is 9.05. The van der Waals surface area contributed by atoms with E-state index in [1.54, 1.807) is 6.07 Å². The molecule has 0 amide bonds. The summed E-state index contributed by atoms with van der Waals surface area (Å²) in [6.45, 7) is 0. The highest BCUT2D eigenvalue weighted by Gasteiger charge is 2.17. The highest BCUT2D eigenvalue weighted by atomic mass is 32.2. The maximum atomic E-state index is 9.24. The van der Waals surface area contributed by atoms with Gasteiger partial charge in [-0.3, -0.25) is 0 Å². The molecular weight excluding hydrogens is 221 g/mol. The van der Waals surface area contributed by atoms with Gasteiger partial charge in [-0.05, 0) is 22.5 Å². The fourth-order valence-electron chi connectivity index (χ4n) is 1.69. The van der Waals surface area contributed by atoms with Gasteiger partial charge in [0.1, 0.15) is 0 Å². The molecule has 0 bridgehead atoms. The number of rotatable bonds is 2. The number of hydrogen-bond donors (Lipinski definition) is 3. The molecular formula is C11H14BNO2S. The number of benzene rings is 2. The maximum Gasteiger partial charge on any atom is 0.489 e. The third-order valence-electron chi connectivity index (χ3n) is 2.39. The molecule has 2 aromatic rings. The monoisotopic (exact) mass is 235 g/mol. The van der Waals surface area contributed by atoms with E-state index in [4.69, 9.17) is 0 Å². The molecule has 5 N–H and O–H groups in total. The Balaban J connectivity index is 0.00000128. The van der Waals surface area contributed by atoms with Crippen LogP contribution in [-0.4, -0.2) is 23.4 Å². The molecule has 0 radical (unpaired) electrons. The van der Waals surface area contributed by atoms with E-state index >= 15 is 0 Å². The molecule has 0 heterocycles. The molecule has 0 unspecified atom stereocenters. The van der Waals surface area contributed by atoms with Gasteiger partial charge in [0.05, 0.1) is 0 Å². The molecule has 0 saturated carbocycles. The van der Waals surface area contributed by atoms with Crippen LogP contribution < -0.4 is 11.6 Å². The van der Waals surface area contributed by atoms with Crippen molar-refractivity contribution >= 4 is 35.1 Å². The fraction of sp³-hybridized carbons (Fsp3) is 0.0909. The van der Waals surface area contributed by atoms with Gasteiger partial charge in [-0.15, -0.1) is 11.8 Å². The Bertz CT molecular complexity index is 490. The van der Waals surface area contributed by atoms with Crippen molar-refractivity contribution < 1.29 is 10.0 Å². The molecule has 0 aliphatic rings. The van der Waals surface area contributed by atoms with Crippen LogP contribution in [0.3, 0.4) is 0 Å². The average molecular weight is 235 g/mol. The molecule has 0 atom stereocenters. The summed E-state index contributed by atoms with van der Waals surface area (Å²) in [5, 5.41) is 20.7. The first-order valence-corrected chi connectivity index (χ1v) is 5.88. The van der Waals surface area contributed by atoms with Crippen LogP contribution in [0.1, 0.15) is 0 Å². The van der Waals surface area contributed by atoms with Gasteiger partial charge in [0.15, 0.2) is 0 Å². The second-order valence-electron chi connectivity index (χ2n) is 3.28. The third-order valence-corrected chi connectivity index (χ3v) is 3.26. The molecule has 3 nitrogen and oxygen atoms in total. The average Bonchev–Trinajstić information content (AvgIpc) is 2.27. The van der Waals surface area contributed by atoms with E-state index in [-0.39, 0.29) is 6.15 Å². The molecule has 5 heteroatoms. The largest absolute Gasteiger partial charge is 0.489 e. The minimum atomic E-state index is -1.41. The van der Waals surface area contributed by atoms with E-state index in [0.717, 1.165) is 15.7 Å². The van der Waals surface area contributed by atoms with E-state index in [9.17, 15) is 10.0 Å². The Hall–Kier alpha value is -1.01. The lowest BCUT2D eigenvalue weighted by Crippen LogP contribution is -2.31. The van der Waals surface area contributed by atoms with E-state index in [1.807, 2.05) is 36.6 Å². The highest BCUT2D eigenvalue weighted by Crippen LogP contribution is 2.24. The minimum Gasteiger partial charge on any atom is -0.423 e. The van der Waals surface area contributed by atoms with E-state index in [0.29, 0.717) is 5.46 Å². The number of fused-ring (bicyclic) bond motifs is 1. The summed E-state index contributed by atoms with van der Waals surface area (Å²) >= 11 is 1.53. The fourth-order valence-corrected chi connectivity index (χ4v) is 2.51. The number of thioether (sulfide) groups is 1. The molecule has 0 spiro atoms. The van der Waals surface area contributed by atoms with Crippen LogP contribution in [0.25, 0.3) is 10.8 Å². The summed E-state index contributed by atoms with van der Waals surface area (Å²) < 4.78 is 0. The van der Waals surface area contributed by atoms with Crippen molar-refractivity contribution in [1.29, 1.82) is 0 Å². The van der Waals surface area contributed by atoms with Crippen LogP contribution in [0.5, 0.6) is 0 Å². The van der Waals surface area contributed by atoms with E-state index < -0.39 is 7.12 Å². The van der Waals surface area contributed by atoms with Gasteiger partial charge in [0.2, 0.25) is 0 Å². The third kappa shape index (κ3) is 2.22. The van der Waals surface area contributed by atoms with Crippen LogP contribution in [-0.2, 0) is 0 Å². The summed E-state index contributed by atoms with van der Waals surface area (Å²) in [4.78, 5) is 0.933. The Morgan fingerprint density at radius 3 is 2.38 bits per heavy atom. The Morgan fingerprint density at radius 1 is 1.06 bits per heavy atom. The van der Waals surface area contributed by atoms with Gasteiger partial charge in [-0.25, -0.2) is 0 Å². The van der Waals surface area contributed by atoms with Crippen molar-refractivity contribution in [3.8, 4) is 0 Å². The van der Waals surface area contributed by atoms with Crippen LogP contribution in [0, 0.1) is 0 Å². The van der Waals surface area contributed by atoms with Gasteiger partial charge in [-0.1, -0.05) is 36.4 Å². The maximum absolute atomic E-state index is 9.24. The topological polar surface area (TPSA) is 75.5 Å². The van der Waals surface area contributed by atoms with Crippen LogP contribution in [0.2, 0.25) is 0 Å². The molecule has 2 aromatic carbocycles. The number of hydrogen-bond acceptors (Lipinski definition) is 4. The van der Waals surface area contributed by atoms with Crippen molar-refractivity contribution in [3.05, 3.63) is 36.4 Å². The second-order valence-corrected chi connectivity index (χ2v) is 4.10. The van der Waals surface area contributed by atoms with Crippen LogP contribution in [0.4, 0.5) is 0 Å². The standard InChI is InChI=1S/C11H11BO2S.H3N/c1-15-11-9-5-3-2-4-8(9)6-7-10(11)12(13)14;/h2-7,13-14H,1H3;1H3. The summed E-state index contributed by atoms with van der Waals surface area (Å²) in [5.74, 6) is 0. The molecule has 84 valence electrons. The van der Waals surface area contributed by atoms with E-state index in [1.165, 1.54) is 11.8 Å². The molecule has 0 aromatic heterocycles. The lowest BCUT2D eigenvalue weighted by atomic mass is 9.79. The summed E-state index contributed by atoms with van der Waals surface area (Å²) in [6.07, 6.45) is 1.94. The van der Waals surface area contributed by atoms with Crippen molar-refractivity contribution in [2.24, 2.45) is 0 Å². The van der Waals surface area contributed by atoms with Gasteiger partial charge >= 0.3 is 7.12 Å². The Morgan fingerprint density at radius 2 is 1.75 bits per heavy atom. The van der Waals surface area contributed by atoms with Gasteiger partial charge < -0.3 is 16.2 Å². The molecule has 0 aliphatic carbocycles. The summed E-state index contributed by atoms with van der Waals surface area (Å²) in [7, 11) is -1.41. The predicted molar refractivity (Wildman–Crippen MR) is 70.6 cm³/mol. The van der Waals surface area contributed by atoms with Gasteiger partial charge in [-0.2, -0.15) is 0 Å². The highest BCUT2D eigenvalue weighted by molar-refractivity contribution is 7.99. The van der Waals surface area contributed by atoms with E-state index in [2.05, 4.69) is 0 Å². The quantitative estimate of drug-likeness (QED) is 0.543. The SMILES string of the molecule is CSc1c(B(O)O)ccc2ccccc12.N. The van der Waals surface area contributed by atoms with Gasteiger partial charge in [0.25, 0.3) is 0 Å². The molecule has 2 rings (SSSR count). The van der Waals surface area contributed by atoms with Crippen LogP contribution >= 0.6 is 11.8 Å². The molecule has 0 aliphatic heterocycles. The lowest BCUT2D eigenvalue weighted by Gasteiger charge is -2.09. The van der Waals surface area contributed by atoms with Crippen LogP contribution in [0.15, 0.2) is 41.3 Å². The Labute approximate surface area is 99.2 Å². The zero-order valence-corrected chi connectivity index (χ0v) is 9.87. The molecule has 16 heavy (non-hydrogen) atoms. The second kappa shape index (κ2) is 5.36. The minimum absolute atomic E-state index is 0. The molecule has 0 saturated heterocycles. The molecule has 0 fully saturated rings. The normalized spacial score (nSPS) is 9.94. The lowest BCUT2D eigenvalue weighted by molar-refractivity contribution is 0.425. The van der Waals surface area contributed by atoms with Crippen molar-refractivity contribution in [2.45, 2.75) is 4.90 Å². The summed E-state index contributed by atoms with van der Waals surface area (Å²) in [6, 6.07) is 11.6. The van der Waals surface area contributed by atoms with Gasteiger partial charge in [0, 0.05) is 4.90 Å². The summed E-state index contributed by atoms with van der Waals surface area (Å²) in [5.41, 5.74) is 0.571. The van der Waals surface area contributed by atoms with Crippen molar-refractivity contribution in [2.75, 3.05) is 6.26 Å². The van der Waals surface area contributed by atoms with Crippen molar-refractivity contribution in [1.82, 2.24) is 6.15 Å².